The predicted octanol–water partition coefficient (Wildman–Crippen LogP) is 1.29. The molecule has 0 amide bonds. The second-order valence-corrected chi connectivity index (χ2v) is 4.18. The maximum absolute atomic E-state index is 5.56. The van der Waals surface area contributed by atoms with E-state index >= 15 is 0 Å². The van der Waals surface area contributed by atoms with Gasteiger partial charge < -0.3 is 9.64 Å². The largest absolute Gasteiger partial charge is 0.478 e. The third kappa shape index (κ3) is 1.70. The fourth-order valence-corrected chi connectivity index (χ4v) is 2.02. The van der Waals surface area contributed by atoms with E-state index < -0.39 is 0 Å². The van der Waals surface area contributed by atoms with E-state index in [2.05, 4.69) is 18.9 Å². The Bertz CT molecular complexity index is 217. The van der Waals surface area contributed by atoms with Gasteiger partial charge in [-0.25, -0.2) is 4.99 Å². The molecule has 0 bridgehead atoms. The molecule has 1 spiro atoms. The first-order valence-corrected chi connectivity index (χ1v) is 5.14. The van der Waals surface area contributed by atoms with Crippen LogP contribution in [0.4, 0.5) is 0 Å². The van der Waals surface area contributed by atoms with E-state index in [0.29, 0.717) is 0 Å². The number of rotatable bonds is 1. The van der Waals surface area contributed by atoms with Crippen LogP contribution in [-0.2, 0) is 4.74 Å². The Labute approximate surface area is 79.8 Å². The van der Waals surface area contributed by atoms with Gasteiger partial charge in [0.2, 0.25) is 0 Å². The number of hydrogen-bond donors (Lipinski definition) is 0. The van der Waals surface area contributed by atoms with Crippen LogP contribution in [0.1, 0.15) is 26.2 Å². The van der Waals surface area contributed by atoms with Crippen molar-refractivity contribution in [1.29, 1.82) is 0 Å². The lowest BCUT2D eigenvalue weighted by Crippen LogP contribution is -2.42. The van der Waals surface area contributed by atoms with Crippen molar-refractivity contribution in [1.82, 2.24) is 4.90 Å². The molecule has 0 aliphatic carbocycles. The molecule has 0 aromatic heterocycles. The summed E-state index contributed by atoms with van der Waals surface area (Å²) in [5, 5.41) is 0. The lowest BCUT2D eigenvalue weighted by Gasteiger charge is -2.33. The van der Waals surface area contributed by atoms with E-state index in [1.165, 1.54) is 0 Å². The second-order valence-electron chi connectivity index (χ2n) is 4.18. The predicted molar refractivity (Wildman–Crippen MR) is 53.1 cm³/mol. The van der Waals surface area contributed by atoms with Crippen LogP contribution in [0.3, 0.4) is 0 Å². The van der Waals surface area contributed by atoms with Gasteiger partial charge in [-0.2, -0.15) is 0 Å². The molecular weight excluding hydrogens is 164 g/mol. The van der Waals surface area contributed by atoms with Crippen molar-refractivity contribution >= 4 is 5.90 Å². The molecule has 0 unspecified atom stereocenters. The molecule has 74 valence electrons. The molecule has 2 heterocycles. The summed E-state index contributed by atoms with van der Waals surface area (Å²) in [7, 11) is 2.17. The van der Waals surface area contributed by atoms with Crippen molar-refractivity contribution in [2.75, 3.05) is 26.7 Å². The lowest BCUT2D eigenvalue weighted by atomic mass is 9.90. The summed E-state index contributed by atoms with van der Waals surface area (Å²) in [6.07, 6.45) is 3.26. The molecule has 0 radical (unpaired) electrons. The lowest BCUT2D eigenvalue weighted by molar-refractivity contribution is 0.154. The zero-order valence-electron chi connectivity index (χ0n) is 8.55. The highest BCUT2D eigenvalue weighted by Crippen LogP contribution is 2.30. The highest BCUT2D eigenvalue weighted by Gasteiger charge is 2.38. The Morgan fingerprint density at radius 2 is 2.15 bits per heavy atom. The van der Waals surface area contributed by atoms with E-state index in [4.69, 9.17) is 9.73 Å². The van der Waals surface area contributed by atoms with Crippen molar-refractivity contribution in [2.45, 2.75) is 31.7 Å². The fraction of sp³-hybridized carbons (Fsp3) is 0.900. The maximum atomic E-state index is 5.56. The topological polar surface area (TPSA) is 24.8 Å². The molecule has 3 nitrogen and oxygen atoms in total. The highest BCUT2D eigenvalue weighted by molar-refractivity contribution is 5.77. The minimum atomic E-state index is 0.151. The molecule has 0 N–H and O–H groups in total. The van der Waals surface area contributed by atoms with Gasteiger partial charge in [-0.05, 0) is 19.9 Å². The van der Waals surface area contributed by atoms with Crippen molar-refractivity contribution in [3.63, 3.8) is 0 Å². The molecule has 0 atom stereocenters. The van der Waals surface area contributed by atoms with Crippen LogP contribution in [0, 0.1) is 0 Å². The Morgan fingerprint density at radius 3 is 2.69 bits per heavy atom. The Kier molecular flexibility index (Phi) is 2.28. The van der Waals surface area contributed by atoms with E-state index in [-0.39, 0.29) is 5.54 Å². The number of likely N-dealkylation sites (tertiary alicyclic amines) is 1. The van der Waals surface area contributed by atoms with E-state index in [1.807, 2.05) is 0 Å². The highest BCUT2D eigenvalue weighted by atomic mass is 16.5. The summed E-state index contributed by atoms with van der Waals surface area (Å²) >= 11 is 0. The van der Waals surface area contributed by atoms with Gasteiger partial charge in [-0.1, -0.05) is 6.92 Å². The molecule has 2 rings (SSSR count). The normalized spacial score (nSPS) is 27.4. The first-order valence-electron chi connectivity index (χ1n) is 5.14. The quantitative estimate of drug-likeness (QED) is 0.610. The minimum Gasteiger partial charge on any atom is -0.478 e. The van der Waals surface area contributed by atoms with Gasteiger partial charge in [0, 0.05) is 19.5 Å². The van der Waals surface area contributed by atoms with Crippen molar-refractivity contribution in [2.24, 2.45) is 4.99 Å². The van der Waals surface area contributed by atoms with Gasteiger partial charge in [0.15, 0.2) is 5.90 Å². The van der Waals surface area contributed by atoms with Crippen LogP contribution >= 0.6 is 0 Å². The molecular formula is C10H18N2O. The van der Waals surface area contributed by atoms with Crippen LogP contribution in [0.5, 0.6) is 0 Å². The Morgan fingerprint density at radius 1 is 1.46 bits per heavy atom. The molecule has 0 aromatic rings. The summed E-state index contributed by atoms with van der Waals surface area (Å²) in [5.74, 6) is 0.963. The van der Waals surface area contributed by atoms with Gasteiger partial charge in [-0.15, -0.1) is 0 Å². The van der Waals surface area contributed by atoms with Gasteiger partial charge >= 0.3 is 0 Å². The van der Waals surface area contributed by atoms with Gasteiger partial charge in [0.1, 0.15) is 12.1 Å². The molecule has 13 heavy (non-hydrogen) atoms. The Balaban J connectivity index is 2.03. The fourth-order valence-electron chi connectivity index (χ4n) is 2.02. The summed E-state index contributed by atoms with van der Waals surface area (Å²) < 4.78 is 5.56. The van der Waals surface area contributed by atoms with Crippen LogP contribution in [0.2, 0.25) is 0 Å². The minimum absolute atomic E-state index is 0.151. The second kappa shape index (κ2) is 3.29. The summed E-state index contributed by atoms with van der Waals surface area (Å²) in [4.78, 5) is 7.07. The van der Waals surface area contributed by atoms with E-state index in [9.17, 15) is 0 Å². The zero-order valence-corrected chi connectivity index (χ0v) is 8.55. The monoisotopic (exact) mass is 182 g/mol. The van der Waals surface area contributed by atoms with Crippen molar-refractivity contribution < 1.29 is 4.74 Å². The third-order valence-electron chi connectivity index (χ3n) is 3.09. The van der Waals surface area contributed by atoms with E-state index in [0.717, 1.165) is 44.9 Å². The zero-order chi connectivity index (χ0) is 9.31. The molecule has 2 aliphatic heterocycles. The summed E-state index contributed by atoms with van der Waals surface area (Å²) in [6.45, 7) is 5.24. The summed E-state index contributed by atoms with van der Waals surface area (Å²) in [5.41, 5.74) is 0.151. The average molecular weight is 182 g/mol. The molecule has 0 aromatic carbocycles. The molecule has 3 heteroatoms. The van der Waals surface area contributed by atoms with E-state index in [1.54, 1.807) is 0 Å². The maximum Gasteiger partial charge on any atom is 0.183 e. The van der Waals surface area contributed by atoms with Gasteiger partial charge in [0.05, 0.1) is 0 Å². The number of aliphatic imine (C=N–C) groups is 1. The first-order chi connectivity index (χ1) is 6.24. The third-order valence-corrected chi connectivity index (χ3v) is 3.09. The molecule has 0 saturated carbocycles. The van der Waals surface area contributed by atoms with Gasteiger partial charge in [0.25, 0.3) is 0 Å². The first kappa shape index (κ1) is 9.00. The smallest absolute Gasteiger partial charge is 0.183 e. The van der Waals surface area contributed by atoms with Crippen LogP contribution < -0.4 is 0 Å². The van der Waals surface area contributed by atoms with Crippen LogP contribution in [-0.4, -0.2) is 43.1 Å². The average Bonchev–Trinajstić information content (AvgIpc) is 2.55. The molecule has 1 fully saturated rings. The molecule has 2 aliphatic rings. The standard InChI is InChI=1S/C10H18N2O/c1-3-9-11-10(8-13-9)4-6-12(2)7-5-10/h3-8H2,1-2H3. The van der Waals surface area contributed by atoms with Crippen molar-refractivity contribution in [3.05, 3.63) is 0 Å². The Hall–Kier alpha value is -0.570. The molecule has 1 saturated heterocycles. The SMILES string of the molecule is CCC1=NC2(CCN(C)CC2)CO1. The number of piperidine rings is 1. The summed E-state index contributed by atoms with van der Waals surface area (Å²) in [6, 6.07) is 0. The van der Waals surface area contributed by atoms with Crippen molar-refractivity contribution in [3.8, 4) is 0 Å². The van der Waals surface area contributed by atoms with Gasteiger partial charge in [-0.3, -0.25) is 0 Å². The van der Waals surface area contributed by atoms with Crippen LogP contribution in [0.25, 0.3) is 0 Å². The van der Waals surface area contributed by atoms with Crippen LogP contribution in [0.15, 0.2) is 4.99 Å². The number of hydrogen-bond acceptors (Lipinski definition) is 3. The number of ether oxygens (including phenoxy) is 1. The number of nitrogens with zero attached hydrogens (tertiary/aromatic N) is 2.